The molecule has 0 radical (unpaired) electrons. The Hall–Kier alpha value is -0.920. The van der Waals surface area contributed by atoms with Crippen LogP contribution < -0.4 is 5.32 Å². The Kier molecular flexibility index (Phi) is 5.30. The summed E-state index contributed by atoms with van der Waals surface area (Å²) in [6.45, 7) is 1.72. The van der Waals surface area contributed by atoms with Crippen molar-refractivity contribution in [3.8, 4) is 0 Å². The van der Waals surface area contributed by atoms with Gasteiger partial charge in [-0.2, -0.15) is 4.31 Å². The molecule has 5 nitrogen and oxygen atoms in total. The second kappa shape index (κ2) is 7.59. The number of sulfonamides is 1. The summed E-state index contributed by atoms with van der Waals surface area (Å²) < 4.78 is 27.4. The third kappa shape index (κ3) is 3.75. The van der Waals surface area contributed by atoms with Crippen LogP contribution in [0.5, 0.6) is 0 Å². The van der Waals surface area contributed by atoms with E-state index in [2.05, 4.69) is 21.2 Å². The molecule has 2 atom stereocenters. The van der Waals surface area contributed by atoms with Crippen molar-refractivity contribution < 1.29 is 13.2 Å². The fourth-order valence-electron chi connectivity index (χ4n) is 6.94. The molecule has 4 bridgehead atoms. The van der Waals surface area contributed by atoms with Gasteiger partial charge in [0.25, 0.3) is 0 Å². The number of amides is 1. The van der Waals surface area contributed by atoms with Crippen LogP contribution in [0.3, 0.4) is 0 Å². The SMILES string of the molecule is O=C(NCC1CCN(S(=O)(=O)c2ccccc2)CC1)C12CC3CC(CC(Br)(C3)C1)C2. The van der Waals surface area contributed by atoms with E-state index < -0.39 is 10.0 Å². The lowest BCUT2D eigenvalue weighted by molar-refractivity contribution is -0.144. The molecule has 4 aliphatic carbocycles. The maximum absolute atomic E-state index is 13.3. The Morgan fingerprint density at radius 3 is 2.30 bits per heavy atom. The third-order valence-corrected chi connectivity index (χ3v) is 10.8. The number of carbonyl (C=O) groups is 1. The van der Waals surface area contributed by atoms with Crippen LogP contribution in [0.2, 0.25) is 0 Å². The number of piperidine rings is 1. The van der Waals surface area contributed by atoms with Crippen molar-refractivity contribution in [3.05, 3.63) is 30.3 Å². The molecule has 0 spiro atoms. The molecule has 7 heteroatoms. The van der Waals surface area contributed by atoms with Gasteiger partial charge in [0, 0.05) is 24.0 Å². The molecule has 6 rings (SSSR count). The molecule has 1 N–H and O–H groups in total. The van der Waals surface area contributed by atoms with Gasteiger partial charge in [0.05, 0.1) is 10.3 Å². The van der Waals surface area contributed by atoms with Crippen LogP contribution in [0.1, 0.15) is 51.4 Å². The standard InChI is InChI=1S/C23H31BrN2O3S/c24-23-13-18-10-19(14-23)12-22(11-18,16-23)21(27)25-15-17-6-8-26(9-7-17)30(28,29)20-4-2-1-3-5-20/h1-5,17-19H,6-16H2,(H,25,27). The van der Waals surface area contributed by atoms with Gasteiger partial charge in [-0.1, -0.05) is 34.1 Å². The Bertz CT molecular complexity index is 898. The summed E-state index contributed by atoms with van der Waals surface area (Å²) in [6.07, 6.45) is 8.44. The lowest BCUT2D eigenvalue weighted by Gasteiger charge is -2.59. The number of benzene rings is 1. The van der Waals surface area contributed by atoms with E-state index in [-0.39, 0.29) is 15.6 Å². The monoisotopic (exact) mass is 494 g/mol. The summed E-state index contributed by atoms with van der Waals surface area (Å²) in [4.78, 5) is 13.6. The predicted octanol–water partition coefficient (Wildman–Crippen LogP) is 3.94. The number of nitrogens with one attached hydrogen (secondary N) is 1. The first-order valence-electron chi connectivity index (χ1n) is 11.3. The highest BCUT2D eigenvalue weighted by molar-refractivity contribution is 9.10. The van der Waals surface area contributed by atoms with E-state index in [1.807, 2.05) is 6.07 Å². The number of nitrogens with zero attached hydrogens (tertiary/aromatic N) is 1. The second-order valence-corrected chi connectivity index (χ2v) is 13.9. The van der Waals surface area contributed by atoms with Crippen LogP contribution in [0, 0.1) is 23.2 Å². The highest BCUT2D eigenvalue weighted by Gasteiger charge is 2.59. The molecule has 0 aromatic heterocycles. The number of rotatable bonds is 5. The van der Waals surface area contributed by atoms with Gasteiger partial charge in [-0.05, 0) is 81.3 Å². The van der Waals surface area contributed by atoms with E-state index in [1.165, 1.54) is 19.3 Å². The molecule has 164 valence electrons. The second-order valence-electron chi connectivity index (χ2n) is 10.3. The number of carbonyl (C=O) groups excluding carboxylic acids is 1. The number of alkyl halides is 1. The zero-order valence-corrected chi connectivity index (χ0v) is 19.8. The minimum atomic E-state index is -3.41. The van der Waals surface area contributed by atoms with E-state index in [9.17, 15) is 13.2 Å². The highest BCUT2D eigenvalue weighted by atomic mass is 79.9. The molecule has 5 fully saturated rings. The van der Waals surface area contributed by atoms with Gasteiger partial charge in [0.15, 0.2) is 0 Å². The van der Waals surface area contributed by atoms with Crippen molar-refractivity contribution in [1.29, 1.82) is 0 Å². The number of hydrogen-bond donors (Lipinski definition) is 1. The number of halogens is 1. The lowest BCUT2D eigenvalue weighted by atomic mass is 9.49. The first-order valence-corrected chi connectivity index (χ1v) is 13.5. The first-order chi connectivity index (χ1) is 14.3. The molecule has 1 aromatic rings. The maximum atomic E-state index is 13.3. The summed E-state index contributed by atoms with van der Waals surface area (Å²) in [5.41, 5.74) is -0.176. The molecule has 2 unspecified atom stereocenters. The summed E-state index contributed by atoms with van der Waals surface area (Å²) in [7, 11) is -3.41. The van der Waals surface area contributed by atoms with Gasteiger partial charge in [-0.3, -0.25) is 4.79 Å². The van der Waals surface area contributed by atoms with E-state index in [4.69, 9.17) is 0 Å². The Labute approximate surface area is 188 Å². The molecule has 4 saturated carbocycles. The van der Waals surface area contributed by atoms with Gasteiger partial charge >= 0.3 is 0 Å². The van der Waals surface area contributed by atoms with Crippen molar-refractivity contribution in [2.24, 2.45) is 23.2 Å². The van der Waals surface area contributed by atoms with Gasteiger partial charge in [-0.25, -0.2) is 8.42 Å². The maximum Gasteiger partial charge on any atom is 0.243 e. The van der Waals surface area contributed by atoms with Crippen LogP contribution in [-0.4, -0.2) is 42.6 Å². The van der Waals surface area contributed by atoms with Crippen LogP contribution >= 0.6 is 15.9 Å². The Balaban J connectivity index is 1.16. The van der Waals surface area contributed by atoms with E-state index in [1.54, 1.807) is 28.6 Å². The first kappa shape index (κ1) is 21.0. The van der Waals surface area contributed by atoms with Crippen molar-refractivity contribution in [2.75, 3.05) is 19.6 Å². The number of hydrogen-bond acceptors (Lipinski definition) is 3. The lowest BCUT2D eigenvalue weighted by Crippen LogP contribution is -2.58. The highest BCUT2D eigenvalue weighted by Crippen LogP contribution is 2.64. The minimum Gasteiger partial charge on any atom is -0.355 e. The van der Waals surface area contributed by atoms with Gasteiger partial charge in [-0.15, -0.1) is 0 Å². The van der Waals surface area contributed by atoms with Crippen LogP contribution in [-0.2, 0) is 14.8 Å². The van der Waals surface area contributed by atoms with Crippen LogP contribution in [0.4, 0.5) is 0 Å². The average molecular weight is 495 g/mol. The minimum absolute atomic E-state index is 0.176. The predicted molar refractivity (Wildman–Crippen MR) is 120 cm³/mol. The third-order valence-electron chi connectivity index (χ3n) is 7.98. The fourth-order valence-corrected chi connectivity index (χ4v) is 9.88. The van der Waals surface area contributed by atoms with Crippen molar-refractivity contribution in [1.82, 2.24) is 9.62 Å². The van der Waals surface area contributed by atoms with Crippen molar-refractivity contribution in [2.45, 2.75) is 60.6 Å². The average Bonchev–Trinajstić information content (AvgIpc) is 2.71. The molecule has 1 heterocycles. The molecule has 1 aliphatic heterocycles. The zero-order valence-electron chi connectivity index (χ0n) is 17.4. The Morgan fingerprint density at radius 2 is 1.70 bits per heavy atom. The summed E-state index contributed by atoms with van der Waals surface area (Å²) in [6, 6.07) is 8.66. The zero-order chi connectivity index (χ0) is 21.0. The molecule has 1 amide bonds. The van der Waals surface area contributed by atoms with Gasteiger partial charge in [0.1, 0.15) is 0 Å². The van der Waals surface area contributed by atoms with Gasteiger partial charge < -0.3 is 5.32 Å². The van der Waals surface area contributed by atoms with E-state index >= 15 is 0 Å². The van der Waals surface area contributed by atoms with E-state index in [0.717, 1.165) is 32.1 Å². The molecule has 30 heavy (non-hydrogen) atoms. The molecular formula is C23H31BrN2O3S. The van der Waals surface area contributed by atoms with Crippen LogP contribution in [0.15, 0.2) is 35.2 Å². The molecule has 5 aliphatic rings. The van der Waals surface area contributed by atoms with E-state index in [0.29, 0.717) is 42.3 Å². The summed E-state index contributed by atoms with van der Waals surface area (Å²) >= 11 is 3.99. The quantitative estimate of drug-likeness (QED) is 0.630. The van der Waals surface area contributed by atoms with Crippen molar-refractivity contribution in [3.63, 3.8) is 0 Å². The smallest absolute Gasteiger partial charge is 0.243 e. The molecular weight excluding hydrogens is 464 g/mol. The molecule has 1 saturated heterocycles. The van der Waals surface area contributed by atoms with Crippen molar-refractivity contribution >= 4 is 31.9 Å². The summed E-state index contributed by atoms with van der Waals surface area (Å²) in [5, 5.41) is 3.28. The van der Waals surface area contributed by atoms with Gasteiger partial charge in [0.2, 0.25) is 15.9 Å². The Morgan fingerprint density at radius 1 is 1.07 bits per heavy atom. The summed E-state index contributed by atoms with van der Waals surface area (Å²) in [5.74, 6) is 1.99. The van der Waals surface area contributed by atoms with Crippen LogP contribution in [0.25, 0.3) is 0 Å². The normalized spacial score (nSPS) is 36.7. The molecule has 1 aromatic carbocycles. The fraction of sp³-hybridized carbons (Fsp3) is 0.696. The largest absolute Gasteiger partial charge is 0.355 e. The topological polar surface area (TPSA) is 66.5 Å².